The van der Waals surface area contributed by atoms with Crippen molar-refractivity contribution in [1.82, 2.24) is 9.97 Å². The highest BCUT2D eigenvalue weighted by Gasteiger charge is 2.30. The molecule has 33 heavy (non-hydrogen) atoms. The lowest BCUT2D eigenvalue weighted by molar-refractivity contribution is 0.397. The van der Waals surface area contributed by atoms with E-state index in [1.54, 1.807) is 7.11 Å². The summed E-state index contributed by atoms with van der Waals surface area (Å²) in [6.07, 6.45) is 5.68. The molecule has 3 aromatic rings. The van der Waals surface area contributed by atoms with E-state index in [9.17, 15) is 0 Å². The molecule has 6 heteroatoms. The maximum Gasteiger partial charge on any atom is 0.140 e. The fraction of sp³-hybridized carbons (Fsp3) is 0.481. The Morgan fingerprint density at radius 3 is 2.39 bits per heavy atom. The molecule has 1 aliphatic carbocycles. The lowest BCUT2D eigenvalue weighted by Gasteiger charge is -2.34. The Kier molecular flexibility index (Phi) is 5.33. The summed E-state index contributed by atoms with van der Waals surface area (Å²) in [5.41, 5.74) is 9.82. The van der Waals surface area contributed by atoms with Crippen LogP contribution < -0.4 is 20.3 Å². The highest BCUT2D eigenvalue weighted by molar-refractivity contribution is 5.92. The highest BCUT2D eigenvalue weighted by atomic mass is 16.5. The Morgan fingerprint density at radius 2 is 1.67 bits per heavy atom. The molecule has 1 atom stereocenters. The van der Waals surface area contributed by atoms with Gasteiger partial charge in [-0.15, -0.1) is 0 Å². The van der Waals surface area contributed by atoms with E-state index in [0.29, 0.717) is 11.8 Å². The number of fused-ring (bicyclic) bond motifs is 1. The van der Waals surface area contributed by atoms with Gasteiger partial charge in [0.2, 0.25) is 0 Å². The third-order valence-corrected chi connectivity index (χ3v) is 7.58. The predicted octanol–water partition coefficient (Wildman–Crippen LogP) is 4.44. The van der Waals surface area contributed by atoms with Crippen molar-refractivity contribution < 1.29 is 4.74 Å². The van der Waals surface area contributed by atoms with Gasteiger partial charge in [0.25, 0.3) is 0 Å². The van der Waals surface area contributed by atoms with E-state index >= 15 is 0 Å². The van der Waals surface area contributed by atoms with Gasteiger partial charge in [-0.3, -0.25) is 0 Å². The first-order valence-electron chi connectivity index (χ1n) is 12.4. The molecule has 6 nitrogen and oxygen atoms in total. The number of para-hydroxylation sites is 1. The number of methoxy groups -OCH3 is 1. The van der Waals surface area contributed by atoms with Crippen molar-refractivity contribution in [2.45, 2.75) is 50.0 Å². The molecule has 1 saturated carbocycles. The van der Waals surface area contributed by atoms with Gasteiger partial charge in [-0.1, -0.05) is 18.2 Å². The lowest BCUT2D eigenvalue weighted by Crippen LogP contribution is -2.34. The summed E-state index contributed by atoms with van der Waals surface area (Å²) in [5, 5.41) is 1.17. The third-order valence-electron chi connectivity index (χ3n) is 7.58. The summed E-state index contributed by atoms with van der Waals surface area (Å²) in [6.45, 7) is 3.94. The number of anilines is 2. The van der Waals surface area contributed by atoms with Crippen LogP contribution in [-0.2, 0) is 0 Å². The summed E-state index contributed by atoms with van der Waals surface area (Å²) < 4.78 is 5.64. The molecule has 6 rings (SSSR count). The van der Waals surface area contributed by atoms with E-state index in [2.05, 4.69) is 52.3 Å². The topological polar surface area (TPSA) is 67.5 Å². The second-order valence-electron chi connectivity index (χ2n) is 9.88. The number of hydrogen-bond donors (Lipinski definition) is 1. The summed E-state index contributed by atoms with van der Waals surface area (Å²) in [6, 6.07) is 15.4. The average Bonchev–Trinajstić information content (AvgIpc) is 3.63. The number of rotatable bonds is 5. The van der Waals surface area contributed by atoms with Crippen molar-refractivity contribution in [3.63, 3.8) is 0 Å². The van der Waals surface area contributed by atoms with Crippen molar-refractivity contribution >= 4 is 22.4 Å². The zero-order chi connectivity index (χ0) is 22.4. The molecule has 2 aliphatic heterocycles. The maximum atomic E-state index is 6.18. The molecule has 172 valence electrons. The molecule has 3 aliphatic rings. The molecular weight excluding hydrogens is 410 g/mol. The standard InChI is InChI=1S/C27H33N5O/c1-33-25-5-3-2-4-22(25)18-10-13-31(14-11-18)27-23-16-21(32-15-12-20(28)17-32)8-9-24(23)29-26(30-27)19-6-7-19/h2-5,8-9,16,18-20H,6-7,10-15,17,28H2,1H3/t20-/m1/s1. The Hall–Kier alpha value is -2.86. The van der Waals surface area contributed by atoms with Crippen LogP contribution in [0.25, 0.3) is 10.9 Å². The Morgan fingerprint density at radius 1 is 0.879 bits per heavy atom. The van der Waals surface area contributed by atoms with Crippen LogP contribution in [0.3, 0.4) is 0 Å². The minimum Gasteiger partial charge on any atom is -0.496 e. The SMILES string of the molecule is COc1ccccc1C1CCN(c2nc(C3CC3)nc3ccc(N4CC[C@@H](N)C4)cc23)CC1. The molecule has 3 heterocycles. The van der Waals surface area contributed by atoms with E-state index in [1.807, 2.05) is 0 Å². The van der Waals surface area contributed by atoms with Crippen LogP contribution in [0.5, 0.6) is 5.75 Å². The smallest absolute Gasteiger partial charge is 0.140 e. The van der Waals surface area contributed by atoms with Crippen molar-refractivity contribution in [1.29, 1.82) is 0 Å². The van der Waals surface area contributed by atoms with Gasteiger partial charge in [0, 0.05) is 49.2 Å². The first-order chi connectivity index (χ1) is 16.2. The number of hydrogen-bond acceptors (Lipinski definition) is 6. The summed E-state index contributed by atoms with van der Waals surface area (Å²) in [7, 11) is 1.77. The molecule has 2 N–H and O–H groups in total. The Labute approximate surface area is 195 Å². The number of nitrogens with zero attached hydrogens (tertiary/aromatic N) is 4. The van der Waals surface area contributed by atoms with Gasteiger partial charge in [0.15, 0.2) is 0 Å². The molecule has 3 fully saturated rings. The highest BCUT2D eigenvalue weighted by Crippen LogP contribution is 2.42. The molecule has 2 aromatic carbocycles. The number of benzene rings is 2. The molecule has 1 aromatic heterocycles. The maximum absolute atomic E-state index is 6.18. The number of nitrogens with two attached hydrogens (primary N) is 1. The average molecular weight is 444 g/mol. The van der Waals surface area contributed by atoms with Gasteiger partial charge in [-0.2, -0.15) is 0 Å². The second kappa shape index (κ2) is 8.49. The van der Waals surface area contributed by atoms with E-state index in [1.165, 1.54) is 29.5 Å². The number of ether oxygens (including phenoxy) is 1. The molecule has 0 bridgehead atoms. The minimum absolute atomic E-state index is 0.266. The van der Waals surface area contributed by atoms with E-state index < -0.39 is 0 Å². The largest absolute Gasteiger partial charge is 0.496 e. The van der Waals surface area contributed by atoms with Gasteiger partial charge in [0.05, 0.1) is 12.6 Å². The first-order valence-corrected chi connectivity index (χ1v) is 12.4. The lowest BCUT2D eigenvalue weighted by atomic mass is 9.88. The Bertz CT molecular complexity index is 1150. The Balaban J connectivity index is 1.31. The van der Waals surface area contributed by atoms with Crippen LogP contribution in [-0.4, -0.2) is 49.3 Å². The van der Waals surface area contributed by atoms with Gasteiger partial charge < -0.3 is 20.3 Å². The fourth-order valence-electron chi connectivity index (χ4n) is 5.51. The molecule has 0 radical (unpaired) electrons. The van der Waals surface area contributed by atoms with Crippen LogP contribution in [0.4, 0.5) is 11.5 Å². The second-order valence-corrected chi connectivity index (χ2v) is 9.88. The minimum atomic E-state index is 0.266. The van der Waals surface area contributed by atoms with Crippen molar-refractivity contribution in [2.24, 2.45) is 5.73 Å². The molecule has 0 unspecified atom stereocenters. The van der Waals surface area contributed by atoms with Crippen LogP contribution in [0.15, 0.2) is 42.5 Å². The van der Waals surface area contributed by atoms with Gasteiger partial charge in [-0.25, -0.2) is 9.97 Å². The summed E-state index contributed by atoms with van der Waals surface area (Å²) >= 11 is 0. The number of aromatic nitrogens is 2. The van der Waals surface area contributed by atoms with Crippen LogP contribution in [0.2, 0.25) is 0 Å². The predicted molar refractivity (Wildman–Crippen MR) is 134 cm³/mol. The quantitative estimate of drug-likeness (QED) is 0.629. The molecule has 0 amide bonds. The zero-order valence-corrected chi connectivity index (χ0v) is 19.4. The molecule has 0 spiro atoms. The van der Waals surface area contributed by atoms with Crippen LogP contribution in [0.1, 0.15) is 55.3 Å². The first kappa shape index (κ1) is 20.7. The summed E-state index contributed by atoms with van der Waals surface area (Å²) in [4.78, 5) is 15.0. The van der Waals surface area contributed by atoms with Crippen LogP contribution >= 0.6 is 0 Å². The van der Waals surface area contributed by atoms with E-state index in [-0.39, 0.29) is 6.04 Å². The number of piperidine rings is 1. The van der Waals surface area contributed by atoms with Crippen LogP contribution in [0, 0.1) is 0 Å². The fourth-order valence-corrected chi connectivity index (χ4v) is 5.51. The summed E-state index contributed by atoms with van der Waals surface area (Å²) in [5.74, 6) is 4.21. The third kappa shape index (κ3) is 4.01. The van der Waals surface area contributed by atoms with Gasteiger partial charge in [-0.05, 0) is 67.9 Å². The zero-order valence-electron chi connectivity index (χ0n) is 19.4. The van der Waals surface area contributed by atoms with Crippen molar-refractivity contribution in [3.05, 3.63) is 53.9 Å². The van der Waals surface area contributed by atoms with Gasteiger partial charge >= 0.3 is 0 Å². The van der Waals surface area contributed by atoms with E-state index in [0.717, 1.165) is 68.3 Å². The van der Waals surface area contributed by atoms with Gasteiger partial charge in [0.1, 0.15) is 17.4 Å². The van der Waals surface area contributed by atoms with Crippen molar-refractivity contribution in [2.75, 3.05) is 43.1 Å². The van der Waals surface area contributed by atoms with E-state index in [4.69, 9.17) is 20.4 Å². The van der Waals surface area contributed by atoms with Crippen molar-refractivity contribution in [3.8, 4) is 5.75 Å². The molecule has 2 saturated heterocycles. The monoisotopic (exact) mass is 443 g/mol. The normalized spacial score (nSPS) is 21.7. The molecular formula is C27H33N5O.